The topological polar surface area (TPSA) is 32.3 Å². The predicted octanol–water partition coefficient (Wildman–Crippen LogP) is 1.32. The summed E-state index contributed by atoms with van der Waals surface area (Å²) in [5.41, 5.74) is 3.11. The van der Waals surface area contributed by atoms with E-state index in [1.807, 2.05) is 6.08 Å². The van der Waals surface area contributed by atoms with Gasteiger partial charge >= 0.3 is 0 Å². The van der Waals surface area contributed by atoms with Gasteiger partial charge in [0.2, 0.25) is 0 Å². The lowest BCUT2D eigenvalue weighted by Gasteiger charge is -2.15. The van der Waals surface area contributed by atoms with E-state index in [4.69, 9.17) is 0 Å². The monoisotopic (exact) mass is 182 g/mol. The molecule has 0 saturated heterocycles. The van der Waals surface area contributed by atoms with Gasteiger partial charge in [-0.2, -0.15) is 0 Å². The highest BCUT2D eigenvalue weighted by Gasteiger charge is 2.23. The first-order chi connectivity index (χ1) is 6.09. The minimum atomic E-state index is 0.0283. The Kier molecular flexibility index (Phi) is 3.48. The second-order valence-electron chi connectivity index (χ2n) is 3.90. The third-order valence-corrected chi connectivity index (χ3v) is 1.91. The standard InChI is InChI=1S/C10H18N2O/c1-8(2)4-7-10(13)12(3)11-9-5-6-9/h4,7-9,11H,5-6H2,1-3H3. The van der Waals surface area contributed by atoms with Gasteiger partial charge in [0.05, 0.1) is 0 Å². The smallest absolute Gasteiger partial charge is 0.260 e. The van der Waals surface area contributed by atoms with Gasteiger partial charge in [-0.05, 0) is 18.8 Å². The number of hydrogen-bond acceptors (Lipinski definition) is 2. The summed E-state index contributed by atoms with van der Waals surface area (Å²) >= 11 is 0. The first-order valence-corrected chi connectivity index (χ1v) is 4.81. The largest absolute Gasteiger partial charge is 0.277 e. The normalized spacial score (nSPS) is 16.9. The third kappa shape index (κ3) is 4.08. The highest BCUT2D eigenvalue weighted by molar-refractivity contribution is 5.86. The van der Waals surface area contributed by atoms with Crippen LogP contribution < -0.4 is 5.43 Å². The van der Waals surface area contributed by atoms with Crippen LogP contribution in [0.5, 0.6) is 0 Å². The Morgan fingerprint density at radius 1 is 1.54 bits per heavy atom. The molecule has 3 nitrogen and oxygen atoms in total. The molecule has 0 bridgehead atoms. The molecule has 0 heterocycles. The Morgan fingerprint density at radius 2 is 2.15 bits per heavy atom. The minimum Gasteiger partial charge on any atom is -0.277 e. The molecule has 0 spiro atoms. The molecule has 0 aromatic carbocycles. The van der Waals surface area contributed by atoms with Gasteiger partial charge in [-0.3, -0.25) is 9.80 Å². The van der Waals surface area contributed by atoms with Crippen molar-refractivity contribution in [1.82, 2.24) is 10.4 Å². The van der Waals surface area contributed by atoms with Crippen molar-refractivity contribution in [2.24, 2.45) is 5.92 Å². The van der Waals surface area contributed by atoms with Crippen LogP contribution in [-0.4, -0.2) is 24.0 Å². The molecule has 1 fully saturated rings. The van der Waals surface area contributed by atoms with Gasteiger partial charge in [0.25, 0.3) is 5.91 Å². The number of likely N-dealkylation sites (N-methyl/N-ethyl adjacent to an activating group) is 1. The zero-order valence-corrected chi connectivity index (χ0v) is 8.58. The van der Waals surface area contributed by atoms with Gasteiger partial charge in [0.1, 0.15) is 0 Å². The second-order valence-corrected chi connectivity index (χ2v) is 3.90. The van der Waals surface area contributed by atoms with Crippen molar-refractivity contribution in [3.8, 4) is 0 Å². The Bertz CT molecular complexity index is 207. The van der Waals surface area contributed by atoms with E-state index < -0.39 is 0 Å². The first-order valence-electron chi connectivity index (χ1n) is 4.81. The van der Waals surface area contributed by atoms with Crippen LogP contribution in [0.25, 0.3) is 0 Å². The van der Waals surface area contributed by atoms with Crippen LogP contribution in [0.2, 0.25) is 0 Å². The van der Waals surface area contributed by atoms with Gasteiger partial charge in [-0.25, -0.2) is 5.43 Å². The number of allylic oxidation sites excluding steroid dienone is 1. The van der Waals surface area contributed by atoms with Gasteiger partial charge in [-0.1, -0.05) is 19.9 Å². The summed E-state index contributed by atoms with van der Waals surface area (Å²) in [6.45, 7) is 4.11. The molecule has 1 rings (SSSR count). The summed E-state index contributed by atoms with van der Waals surface area (Å²) < 4.78 is 0. The maximum Gasteiger partial charge on any atom is 0.260 e. The van der Waals surface area contributed by atoms with E-state index in [2.05, 4.69) is 19.3 Å². The molecule has 0 aliphatic heterocycles. The third-order valence-electron chi connectivity index (χ3n) is 1.91. The van der Waals surface area contributed by atoms with Crippen molar-refractivity contribution in [3.63, 3.8) is 0 Å². The molecular formula is C10H18N2O. The number of amides is 1. The fraction of sp³-hybridized carbons (Fsp3) is 0.700. The molecule has 0 radical (unpaired) electrons. The second kappa shape index (κ2) is 4.42. The van der Waals surface area contributed by atoms with Gasteiger partial charge in [0.15, 0.2) is 0 Å². The molecule has 13 heavy (non-hydrogen) atoms. The van der Waals surface area contributed by atoms with Crippen LogP contribution >= 0.6 is 0 Å². The molecule has 1 N–H and O–H groups in total. The Morgan fingerprint density at radius 3 is 2.62 bits per heavy atom. The van der Waals surface area contributed by atoms with Crippen LogP contribution in [0.3, 0.4) is 0 Å². The van der Waals surface area contributed by atoms with Gasteiger partial charge in [0, 0.05) is 19.2 Å². The molecule has 3 heteroatoms. The highest BCUT2D eigenvalue weighted by Crippen LogP contribution is 2.18. The van der Waals surface area contributed by atoms with E-state index in [9.17, 15) is 4.79 Å². The molecule has 0 aromatic heterocycles. The molecular weight excluding hydrogens is 164 g/mol. The average molecular weight is 182 g/mol. The summed E-state index contributed by atoms with van der Waals surface area (Å²) in [7, 11) is 1.77. The zero-order chi connectivity index (χ0) is 9.84. The van der Waals surface area contributed by atoms with Crippen LogP contribution in [0.4, 0.5) is 0 Å². The number of hydrogen-bond donors (Lipinski definition) is 1. The van der Waals surface area contributed by atoms with E-state index in [1.54, 1.807) is 18.1 Å². The van der Waals surface area contributed by atoms with E-state index in [-0.39, 0.29) is 5.91 Å². The fourth-order valence-electron chi connectivity index (χ4n) is 0.936. The van der Waals surface area contributed by atoms with E-state index in [0.717, 1.165) is 0 Å². The Balaban J connectivity index is 2.28. The first kappa shape index (κ1) is 10.3. The number of rotatable bonds is 4. The molecule has 0 unspecified atom stereocenters. The Labute approximate surface area is 79.8 Å². The summed E-state index contributed by atoms with van der Waals surface area (Å²) in [6, 6.07) is 0.529. The maximum absolute atomic E-state index is 11.4. The number of nitrogens with one attached hydrogen (secondary N) is 1. The molecule has 74 valence electrons. The SMILES string of the molecule is CC(C)C=CC(=O)N(C)NC1CC1. The van der Waals surface area contributed by atoms with E-state index in [1.165, 1.54) is 12.8 Å². The molecule has 0 aromatic rings. The van der Waals surface area contributed by atoms with Crippen LogP contribution in [0.15, 0.2) is 12.2 Å². The lowest BCUT2D eigenvalue weighted by molar-refractivity contribution is -0.127. The van der Waals surface area contributed by atoms with Crippen molar-refractivity contribution in [3.05, 3.63) is 12.2 Å². The highest BCUT2D eigenvalue weighted by atomic mass is 16.2. The predicted molar refractivity (Wildman–Crippen MR) is 52.9 cm³/mol. The van der Waals surface area contributed by atoms with Crippen LogP contribution in [0.1, 0.15) is 26.7 Å². The van der Waals surface area contributed by atoms with Gasteiger partial charge in [-0.15, -0.1) is 0 Å². The minimum absolute atomic E-state index is 0.0283. The van der Waals surface area contributed by atoms with Crippen molar-refractivity contribution >= 4 is 5.91 Å². The van der Waals surface area contributed by atoms with Crippen molar-refractivity contribution < 1.29 is 4.79 Å². The summed E-state index contributed by atoms with van der Waals surface area (Å²) in [5, 5.41) is 1.57. The van der Waals surface area contributed by atoms with E-state index in [0.29, 0.717) is 12.0 Å². The summed E-state index contributed by atoms with van der Waals surface area (Å²) in [6.07, 6.45) is 5.91. The fourth-order valence-corrected chi connectivity index (χ4v) is 0.936. The molecule has 1 amide bonds. The molecule has 1 saturated carbocycles. The quantitative estimate of drug-likeness (QED) is 0.525. The molecule has 1 aliphatic carbocycles. The number of nitrogens with zero attached hydrogens (tertiary/aromatic N) is 1. The number of carbonyl (C=O) groups is 1. The average Bonchev–Trinajstić information content (AvgIpc) is 2.83. The van der Waals surface area contributed by atoms with Crippen LogP contribution in [0, 0.1) is 5.92 Å². The lowest BCUT2D eigenvalue weighted by atomic mass is 10.2. The van der Waals surface area contributed by atoms with E-state index >= 15 is 0 Å². The van der Waals surface area contributed by atoms with Gasteiger partial charge < -0.3 is 0 Å². The van der Waals surface area contributed by atoms with Crippen molar-refractivity contribution in [2.45, 2.75) is 32.7 Å². The van der Waals surface area contributed by atoms with Crippen molar-refractivity contribution in [1.29, 1.82) is 0 Å². The molecule has 1 aliphatic rings. The summed E-state index contributed by atoms with van der Waals surface area (Å²) in [5.74, 6) is 0.457. The number of hydrazine groups is 1. The zero-order valence-electron chi connectivity index (χ0n) is 8.58. The summed E-state index contributed by atoms with van der Waals surface area (Å²) in [4.78, 5) is 11.4. The van der Waals surface area contributed by atoms with Crippen molar-refractivity contribution in [2.75, 3.05) is 7.05 Å². The Hall–Kier alpha value is -0.830. The lowest BCUT2D eigenvalue weighted by Crippen LogP contribution is -2.39. The maximum atomic E-state index is 11.4. The van der Waals surface area contributed by atoms with Crippen LogP contribution in [-0.2, 0) is 4.79 Å². The molecule has 0 atom stereocenters. The number of carbonyl (C=O) groups excluding carboxylic acids is 1.